The number of carbonyl (C=O) groups is 1. The SMILES string of the molecule is Cc1sc2ncn(CC(=O)Nc3nccs3)c(=O)c2c1-c1ccc(Cl)cc1. The third-order valence-corrected chi connectivity index (χ3v) is 5.93. The minimum absolute atomic E-state index is 0.129. The van der Waals surface area contributed by atoms with Crippen molar-refractivity contribution in [3.63, 3.8) is 0 Å². The molecule has 0 fully saturated rings. The van der Waals surface area contributed by atoms with Gasteiger partial charge in [0.15, 0.2) is 5.13 Å². The van der Waals surface area contributed by atoms with Crippen molar-refractivity contribution in [2.24, 2.45) is 0 Å². The van der Waals surface area contributed by atoms with Gasteiger partial charge in [-0.05, 0) is 24.6 Å². The number of amides is 1. The number of anilines is 1. The number of thiophene rings is 1. The summed E-state index contributed by atoms with van der Waals surface area (Å²) >= 11 is 8.75. The number of aromatic nitrogens is 3. The molecular formula is C18H13ClN4O2S2. The Morgan fingerprint density at radius 2 is 2.04 bits per heavy atom. The molecule has 4 aromatic rings. The molecule has 0 spiro atoms. The molecule has 0 aliphatic rings. The van der Waals surface area contributed by atoms with Crippen LogP contribution >= 0.6 is 34.3 Å². The van der Waals surface area contributed by atoms with Crippen molar-refractivity contribution in [3.8, 4) is 11.1 Å². The highest BCUT2D eigenvalue weighted by Gasteiger charge is 2.18. The van der Waals surface area contributed by atoms with Crippen LogP contribution in [0.1, 0.15) is 4.88 Å². The van der Waals surface area contributed by atoms with E-state index in [1.54, 1.807) is 23.7 Å². The van der Waals surface area contributed by atoms with E-state index in [0.29, 0.717) is 20.4 Å². The zero-order valence-electron chi connectivity index (χ0n) is 14.1. The molecule has 3 heterocycles. The van der Waals surface area contributed by atoms with Crippen LogP contribution in [0.4, 0.5) is 5.13 Å². The van der Waals surface area contributed by atoms with E-state index in [-0.39, 0.29) is 18.0 Å². The second kappa shape index (κ2) is 7.22. The Balaban J connectivity index is 1.75. The van der Waals surface area contributed by atoms with Crippen molar-refractivity contribution < 1.29 is 4.79 Å². The van der Waals surface area contributed by atoms with Gasteiger partial charge in [-0.1, -0.05) is 23.7 Å². The molecule has 9 heteroatoms. The Morgan fingerprint density at radius 1 is 1.26 bits per heavy atom. The fourth-order valence-corrected chi connectivity index (χ4v) is 4.49. The van der Waals surface area contributed by atoms with Crippen molar-refractivity contribution in [1.82, 2.24) is 14.5 Å². The normalized spacial score (nSPS) is 11.0. The highest BCUT2D eigenvalue weighted by Crippen LogP contribution is 2.35. The fraction of sp³-hybridized carbons (Fsp3) is 0.111. The summed E-state index contributed by atoms with van der Waals surface area (Å²) in [6, 6.07) is 7.33. The van der Waals surface area contributed by atoms with Gasteiger partial charge in [0, 0.05) is 27.0 Å². The average Bonchev–Trinajstić information content (AvgIpc) is 3.26. The van der Waals surface area contributed by atoms with Crippen molar-refractivity contribution in [1.29, 1.82) is 0 Å². The van der Waals surface area contributed by atoms with Gasteiger partial charge in [-0.2, -0.15) is 0 Å². The predicted molar refractivity (Wildman–Crippen MR) is 110 cm³/mol. The maximum absolute atomic E-state index is 13.1. The molecule has 1 aromatic carbocycles. The first-order chi connectivity index (χ1) is 13.0. The Morgan fingerprint density at radius 3 is 2.74 bits per heavy atom. The standard InChI is InChI=1S/C18H13ClN4O2S2/c1-10-14(11-2-4-12(19)5-3-11)15-16(27-10)21-9-23(17(15)25)8-13(24)22-18-20-6-7-26-18/h2-7,9H,8H2,1H3,(H,20,22,24). The molecule has 0 unspecified atom stereocenters. The van der Waals surface area contributed by atoms with Crippen LogP contribution in [0.15, 0.2) is 47.0 Å². The molecule has 1 amide bonds. The second-order valence-corrected chi connectivity index (χ2v) is 8.32. The number of fused-ring (bicyclic) bond motifs is 1. The number of nitrogens with zero attached hydrogens (tertiary/aromatic N) is 3. The molecule has 0 bridgehead atoms. The first-order valence-electron chi connectivity index (χ1n) is 7.97. The first kappa shape index (κ1) is 17.8. The van der Waals surface area contributed by atoms with Crippen molar-refractivity contribution >= 4 is 55.5 Å². The smallest absolute Gasteiger partial charge is 0.263 e. The fourth-order valence-electron chi connectivity index (χ4n) is 2.81. The van der Waals surface area contributed by atoms with Crippen molar-refractivity contribution in [2.45, 2.75) is 13.5 Å². The Hall–Kier alpha value is -2.55. The minimum Gasteiger partial charge on any atom is -0.300 e. The number of hydrogen-bond acceptors (Lipinski definition) is 6. The Kier molecular flexibility index (Phi) is 4.77. The van der Waals surface area contributed by atoms with E-state index in [4.69, 9.17) is 11.6 Å². The molecule has 0 atom stereocenters. The monoisotopic (exact) mass is 416 g/mol. The number of benzene rings is 1. The second-order valence-electron chi connectivity index (χ2n) is 5.78. The van der Waals surface area contributed by atoms with E-state index in [9.17, 15) is 9.59 Å². The quantitative estimate of drug-likeness (QED) is 0.541. The van der Waals surface area contributed by atoms with Gasteiger partial charge in [0.1, 0.15) is 11.4 Å². The lowest BCUT2D eigenvalue weighted by atomic mass is 10.0. The van der Waals surface area contributed by atoms with Crippen LogP contribution in [0.2, 0.25) is 5.02 Å². The molecule has 136 valence electrons. The van der Waals surface area contributed by atoms with Crippen LogP contribution < -0.4 is 10.9 Å². The number of halogens is 1. The van der Waals surface area contributed by atoms with Crippen molar-refractivity contribution in [2.75, 3.05) is 5.32 Å². The lowest BCUT2D eigenvalue weighted by Crippen LogP contribution is -2.27. The average molecular weight is 417 g/mol. The van der Waals surface area contributed by atoms with Gasteiger partial charge in [0.2, 0.25) is 5.91 Å². The van der Waals surface area contributed by atoms with E-state index in [1.807, 2.05) is 19.1 Å². The van der Waals surface area contributed by atoms with Crippen LogP contribution in [0.5, 0.6) is 0 Å². The summed E-state index contributed by atoms with van der Waals surface area (Å²) in [7, 11) is 0. The van der Waals surface area contributed by atoms with Crippen LogP contribution in [-0.4, -0.2) is 20.4 Å². The first-order valence-corrected chi connectivity index (χ1v) is 10.0. The highest BCUT2D eigenvalue weighted by molar-refractivity contribution is 7.19. The van der Waals surface area contributed by atoms with Crippen LogP contribution in [0.3, 0.4) is 0 Å². The number of carbonyl (C=O) groups excluding carboxylic acids is 1. The van der Waals surface area contributed by atoms with E-state index in [1.165, 1.54) is 33.6 Å². The van der Waals surface area contributed by atoms with E-state index >= 15 is 0 Å². The topological polar surface area (TPSA) is 76.9 Å². The molecule has 4 rings (SSSR count). The van der Waals surface area contributed by atoms with Gasteiger partial charge < -0.3 is 5.32 Å². The van der Waals surface area contributed by atoms with Crippen LogP contribution in [-0.2, 0) is 11.3 Å². The van der Waals surface area contributed by atoms with E-state index < -0.39 is 0 Å². The summed E-state index contributed by atoms with van der Waals surface area (Å²) in [6.45, 7) is 1.82. The van der Waals surface area contributed by atoms with Gasteiger partial charge in [0.25, 0.3) is 5.56 Å². The number of hydrogen-bond donors (Lipinski definition) is 1. The zero-order chi connectivity index (χ0) is 19.0. The third-order valence-electron chi connectivity index (χ3n) is 3.98. The van der Waals surface area contributed by atoms with Crippen molar-refractivity contribution in [3.05, 3.63) is 62.4 Å². The molecule has 0 aliphatic heterocycles. The number of thiazole rings is 1. The molecule has 0 saturated carbocycles. The minimum atomic E-state index is -0.326. The lowest BCUT2D eigenvalue weighted by molar-refractivity contribution is -0.116. The molecule has 0 aliphatic carbocycles. The summed E-state index contributed by atoms with van der Waals surface area (Å²) in [5, 5.41) is 6.08. The summed E-state index contributed by atoms with van der Waals surface area (Å²) < 4.78 is 1.32. The van der Waals surface area contributed by atoms with Gasteiger partial charge in [-0.25, -0.2) is 9.97 Å². The Labute approximate surface area is 167 Å². The van der Waals surface area contributed by atoms with Gasteiger partial charge in [-0.15, -0.1) is 22.7 Å². The van der Waals surface area contributed by atoms with Gasteiger partial charge >= 0.3 is 0 Å². The summed E-state index contributed by atoms with van der Waals surface area (Å²) in [4.78, 5) is 35.3. The molecule has 0 saturated heterocycles. The summed E-state index contributed by atoms with van der Waals surface area (Å²) in [5.74, 6) is -0.326. The number of aryl methyl sites for hydroxylation is 1. The Bertz CT molecular complexity index is 1180. The molecule has 3 aromatic heterocycles. The third kappa shape index (κ3) is 3.51. The molecule has 0 radical (unpaired) electrons. The van der Waals surface area contributed by atoms with Crippen LogP contribution in [0, 0.1) is 6.92 Å². The van der Waals surface area contributed by atoms with Gasteiger partial charge in [0.05, 0.1) is 11.7 Å². The number of rotatable bonds is 4. The summed E-state index contributed by atoms with van der Waals surface area (Å²) in [6.07, 6.45) is 3.01. The predicted octanol–water partition coefficient (Wildman–Crippen LogP) is 4.18. The molecule has 6 nitrogen and oxygen atoms in total. The highest BCUT2D eigenvalue weighted by atomic mass is 35.5. The maximum Gasteiger partial charge on any atom is 0.263 e. The lowest BCUT2D eigenvalue weighted by Gasteiger charge is -2.06. The molecule has 27 heavy (non-hydrogen) atoms. The largest absolute Gasteiger partial charge is 0.300 e. The molecular weight excluding hydrogens is 404 g/mol. The van der Waals surface area contributed by atoms with Gasteiger partial charge in [-0.3, -0.25) is 14.2 Å². The zero-order valence-corrected chi connectivity index (χ0v) is 16.5. The summed E-state index contributed by atoms with van der Waals surface area (Å²) in [5.41, 5.74) is 1.48. The van der Waals surface area contributed by atoms with Crippen LogP contribution in [0.25, 0.3) is 21.3 Å². The molecule has 1 N–H and O–H groups in total. The number of nitrogens with one attached hydrogen (secondary N) is 1. The maximum atomic E-state index is 13.1. The van der Waals surface area contributed by atoms with E-state index in [0.717, 1.165) is 16.0 Å². The van der Waals surface area contributed by atoms with E-state index in [2.05, 4.69) is 15.3 Å².